The normalized spacial score (nSPS) is 13.7. The van der Waals surface area contributed by atoms with Crippen molar-refractivity contribution in [2.24, 2.45) is 5.73 Å². The summed E-state index contributed by atoms with van der Waals surface area (Å²) >= 11 is 0. The number of hydrogen-bond donors (Lipinski definition) is 3. The highest BCUT2D eigenvalue weighted by molar-refractivity contribution is 6.00. The number of rotatable bonds is 8. The molecule has 1 unspecified atom stereocenters. The summed E-state index contributed by atoms with van der Waals surface area (Å²) in [5, 5.41) is 14.3. The van der Waals surface area contributed by atoms with Gasteiger partial charge in [0.05, 0.1) is 17.4 Å². The quantitative estimate of drug-likeness (QED) is 0.540. The molecular formula is C25H27N3O2. The van der Waals surface area contributed by atoms with Gasteiger partial charge in [-0.1, -0.05) is 66.7 Å². The second-order valence-electron chi connectivity index (χ2n) is 7.80. The first kappa shape index (κ1) is 20.1. The number of nitrogens with zero attached hydrogens (tertiary/aromatic N) is 1. The number of benzene rings is 3. The molecule has 5 heteroatoms. The number of amides is 1. The molecule has 4 rings (SSSR count). The lowest BCUT2D eigenvalue weighted by molar-refractivity contribution is 0.0997. The van der Waals surface area contributed by atoms with Crippen LogP contribution in [0.25, 0.3) is 0 Å². The second-order valence-corrected chi connectivity index (χ2v) is 7.80. The number of aliphatic hydroxyl groups excluding tert-OH is 1. The number of nitrogens with one attached hydrogen (secondary N) is 1. The zero-order valence-electron chi connectivity index (χ0n) is 16.9. The summed E-state index contributed by atoms with van der Waals surface area (Å²) in [6.45, 7) is 2.68. The van der Waals surface area contributed by atoms with Gasteiger partial charge in [-0.3, -0.25) is 9.69 Å². The van der Waals surface area contributed by atoms with E-state index in [1.54, 1.807) is 6.07 Å². The number of anilines is 1. The maximum Gasteiger partial charge on any atom is 0.250 e. The topological polar surface area (TPSA) is 78.6 Å². The molecule has 1 heterocycles. The van der Waals surface area contributed by atoms with Crippen molar-refractivity contribution in [3.8, 4) is 0 Å². The summed E-state index contributed by atoms with van der Waals surface area (Å²) in [4.78, 5) is 14.2. The Bertz CT molecular complexity index is 964. The summed E-state index contributed by atoms with van der Waals surface area (Å²) < 4.78 is 0. The average Bonchev–Trinajstić information content (AvgIpc) is 3.23. The van der Waals surface area contributed by atoms with Gasteiger partial charge < -0.3 is 16.2 Å². The van der Waals surface area contributed by atoms with E-state index in [9.17, 15) is 9.90 Å². The molecule has 1 aliphatic heterocycles. The van der Waals surface area contributed by atoms with Crippen molar-refractivity contribution in [2.45, 2.75) is 25.6 Å². The van der Waals surface area contributed by atoms with Crippen molar-refractivity contribution >= 4 is 11.6 Å². The summed E-state index contributed by atoms with van der Waals surface area (Å²) in [6.07, 6.45) is 0.106. The van der Waals surface area contributed by atoms with Gasteiger partial charge in [0.2, 0.25) is 0 Å². The van der Waals surface area contributed by atoms with Gasteiger partial charge in [0.15, 0.2) is 0 Å². The van der Waals surface area contributed by atoms with Gasteiger partial charge in [0.25, 0.3) is 5.91 Å². The van der Waals surface area contributed by atoms with Gasteiger partial charge in [0.1, 0.15) is 0 Å². The van der Waals surface area contributed by atoms with Gasteiger partial charge in [-0.05, 0) is 34.7 Å². The Labute approximate surface area is 177 Å². The molecule has 1 aliphatic rings. The van der Waals surface area contributed by atoms with E-state index in [-0.39, 0.29) is 0 Å². The predicted octanol–water partition coefficient (Wildman–Crippen LogP) is 3.49. The largest absolute Gasteiger partial charge is 0.387 e. The summed E-state index contributed by atoms with van der Waals surface area (Å²) in [7, 11) is 0. The van der Waals surface area contributed by atoms with E-state index in [4.69, 9.17) is 5.73 Å². The molecule has 1 amide bonds. The van der Waals surface area contributed by atoms with Gasteiger partial charge in [-0.2, -0.15) is 0 Å². The predicted molar refractivity (Wildman–Crippen MR) is 119 cm³/mol. The van der Waals surface area contributed by atoms with Gasteiger partial charge in [0, 0.05) is 26.2 Å². The molecule has 3 aromatic carbocycles. The fourth-order valence-corrected chi connectivity index (χ4v) is 4.06. The highest BCUT2D eigenvalue weighted by Crippen LogP contribution is 2.31. The molecule has 0 radical (unpaired) electrons. The van der Waals surface area contributed by atoms with Crippen LogP contribution in [0.4, 0.5) is 5.69 Å². The molecule has 154 valence electrons. The Balaban J connectivity index is 1.57. The number of hydrogen-bond acceptors (Lipinski definition) is 4. The van der Waals surface area contributed by atoms with Crippen LogP contribution in [-0.2, 0) is 19.5 Å². The maximum absolute atomic E-state index is 11.9. The number of fused-ring (bicyclic) bond motifs is 1. The lowest BCUT2D eigenvalue weighted by atomic mass is 9.98. The maximum atomic E-state index is 11.9. The van der Waals surface area contributed by atoms with Crippen molar-refractivity contribution in [1.82, 2.24) is 4.90 Å². The van der Waals surface area contributed by atoms with Crippen molar-refractivity contribution in [3.63, 3.8) is 0 Å². The number of carbonyl (C=O) groups is 1. The van der Waals surface area contributed by atoms with Crippen molar-refractivity contribution < 1.29 is 9.90 Å². The molecule has 0 saturated heterocycles. The minimum absolute atomic E-state index is 0.453. The smallest absolute Gasteiger partial charge is 0.250 e. The van der Waals surface area contributed by atoms with E-state index in [1.807, 2.05) is 42.5 Å². The minimum atomic E-state index is -0.721. The van der Waals surface area contributed by atoms with Crippen LogP contribution in [0.15, 0.2) is 72.8 Å². The lowest BCUT2D eigenvalue weighted by Gasteiger charge is -2.26. The molecule has 1 atom stereocenters. The van der Waals surface area contributed by atoms with Crippen LogP contribution in [0, 0.1) is 0 Å². The zero-order valence-corrected chi connectivity index (χ0v) is 16.9. The summed E-state index contributed by atoms with van der Waals surface area (Å²) in [6, 6.07) is 24.2. The van der Waals surface area contributed by atoms with E-state index in [0.717, 1.165) is 42.9 Å². The average molecular weight is 402 g/mol. The zero-order chi connectivity index (χ0) is 20.9. The van der Waals surface area contributed by atoms with Crippen LogP contribution in [0.5, 0.6) is 0 Å². The van der Waals surface area contributed by atoms with Crippen LogP contribution in [0.1, 0.15) is 38.7 Å². The second kappa shape index (κ2) is 9.11. The first-order chi connectivity index (χ1) is 14.6. The van der Waals surface area contributed by atoms with E-state index in [2.05, 4.69) is 34.5 Å². The molecule has 0 fully saturated rings. The molecule has 0 spiro atoms. The molecule has 0 bridgehead atoms. The number of nitrogens with two attached hydrogens (primary N) is 1. The molecule has 3 aromatic rings. The lowest BCUT2D eigenvalue weighted by Crippen LogP contribution is -2.28. The third kappa shape index (κ3) is 4.70. The fourth-order valence-electron chi connectivity index (χ4n) is 4.06. The SMILES string of the molecule is NC(=O)c1cc(C(O)CN(Cc2ccccc2)Cc2ccccc2)cc2c1NCC2. The number of primary amides is 1. The van der Waals surface area contributed by atoms with E-state index in [1.165, 1.54) is 11.1 Å². The van der Waals surface area contributed by atoms with E-state index in [0.29, 0.717) is 12.1 Å². The molecule has 30 heavy (non-hydrogen) atoms. The first-order valence-corrected chi connectivity index (χ1v) is 10.3. The monoisotopic (exact) mass is 401 g/mol. The Kier molecular flexibility index (Phi) is 6.12. The van der Waals surface area contributed by atoms with E-state index < -0.39 is 12.0 Å². The third-order valence-corrected chi connectivity index (χ3v) is 5.52. The standard InChI is InChI=1S/C25H27N3O2/c26-25(30)22-14-21(13-20-11-12-27-24(20)22)23(29)17-28(15-18-7-3-1-4-8-18)16-19-9-5-2-6-10-19/h1-10,13-14,23,27,29H,11-12,15-17H2,(H2,26,30). The summed E-state index contributed by atoms with van der Waals surface area (Å²) in [5.41, 5.74) is 11.0. The van der Waals surface area contributed by atoms with Crippen LogP contribution in [0.3, 0.4) is 0 Å². The Morgan fingerprint density at radius 1 is 1.00 bits per heavy atom. The Hall–Kier alpha value is -3.15. The van der Waals surface area contributed by atoms with Crippen LogP contribution >= 0.6 is 0 Å². The molecular weight excluding hydrogens is 374 g/mol. The first-order valence-electron chi connectivity index (χ1n) is 10.3. The fraction of sp³-hybridized carbons (Fsp3) is 0.240. The summed E-state index contributed by atoms with van der Waals surface area (Å²) in [5.74, 6) is -0.472. The van der Waals surface area contributed by atoms with E-state index >= 15 is 0 Å². The van der Waals surface area contributed by atoms with Gasteiger partial charge in [-0.25, -0.2) is 0 Å². The highest BCUT2D eigenvalue weighted by atomic mass is 16.3. The number of carbonyl (C=O) groups excluding carboxylic acids is 1. The van der Waals surface area contributed by atoms with Crippen molar-refractivity contribution in [1.29, 1.82) is 0 Å². The molecule has 0 aliphatic carbocycles. The van der Waals surface area contributed by atoms with Crippen molar-refractivity contribution in [2.75, 3.05) is 18.4 Å². The molecule has 0 saturated carbocycles. The van der Waals surface area contributed by atoms with Crippen LogP contribution < -0.4 is 11.1 Å². The Morgan fingerprint density at radius 2 is 1.60 bits per heavy atom. The van der Waals surface area contributed by atoms with Gasteiger partial charge >= 0.3 is 0 Å². The highest BCUT2D eigenvalue weighted by Gasteiger charge is 2.22. The van der Waals surface area contributed by atoms with Crippen LogP contribution in [-0.4, -0.2) is 29.0 Å². The Morgan fingerprint density at radius 3 is 2.17 bits per heavy atom. The minimum Gasteiger partial charge on any atom is -0.387 e. The van der Waals surface area contributed by atoms with Crippen molar-refractivity contribution in [3.05, 3.63) is 101 Å². The van der Waals surface area contributed by atoms with Gasteiger partial charge in [-0.15, -0.1) is 0 Å². The molecule has 4 N–H and O–H groups in total. The molecule has 5 nitrogen and oxygen atoms in total. The molecule has 0 aromatic heterocycles. The van der Waals surface area contributed by atoms with Crippen LogP contribution in [0.2, 0.25) is 0 Å². The number of aliphatic hydroxyl groups is 1. The third-order valence-electron chi connectivity index (χ3n) is 5.52.